The van der Waals surface area contributed by atoms with Crippen LogP contribution in [0.3, 0.4) is 0 Å². The van der Waals surface area contributed by atoms with Crippen molar-refractivity contribution in [2.45, 2.75) is 20.3 Å². The summed E-state index contributed by atoms with van der Waals surface area (Å²) in [6.45, 7) is 8.85. The molecule has 1 aliphatic rings. The molecular weight excluding hydrogens is 238 g/mol. The minimum atomic E-state index is 0.103. The Labute approximate surface area is 115 Å². The Kier molecular flexibility index (Phi) is 4.43. The lowest BCUT2D eigenvalue weighted by atomic mass is 10.1. The van der Waals surface area contributed by atoms with Gasteiger partial charge in [0.05, 0.1) is 0 Å². The van der Waals surface area contributed by atoms with E-state index in [-0.39, 0.29) is 5.91 Å². The molecule has 4 heteroatoms. The number of rotatable bonds is 3. The third-order valence-electron chi connectivity index (χ3n) is 3.55. The van der Waals surface area contributed by atoms with Crippen molar-refractivity contribution in [2.24, 2.45) is 0 Å². The van der Waals surface area contributed by atoms with Gasteiger partial charge in [-0.3, -0.25) is 9.69 Å². The van der Waals surface area contributed by atoms with Gasteiger partial charge in [-0.15, -0.1) is 0 Å². The Hall–Kier alpha value is -1.55. The molecule has 1 aromatic carbocycles. The fraction of sp³-hybridized carbons (Fsp3) is 0.533. The molecule has 2 N–H and O–H groups in total. The highest BCUT2D eigenvalue weighted by atomic mass is 16.2. The summed E-state index contributed by atoms with van der Waals surface area (Å²) in [4.78, 5) is 16.8. The first-order chi connectivity index (χ1) is 9.10. The molecule has 104 valence electrons. The van der Waals surface area contributed by atoms with Crippen LogP contribution in [0, 0.1) is 6.92 Å². The van der Waals surface area contributed by atoms with Gasteiger partial charge in [0.15, 0.2) is 0 Å². The second kappa shape index (κ2) is 6.06. The van der Waals surface area contributed by atoms with Gasteiger partial charge >= 0.3 is 0 Å². The Morgan fingerprint density at radius 2 is 1.89 bits per heavy atom. The second-order valence-electron chi connectivity index (χ2n) is 5.27. The van der Waals surface area contributed by atoms with Crippen LogP contribution in [0.1, 0.15) is 29.3 Å². The third kappa shape index (κ3) is 3.47. The predicted molar refractivity (Wildman–Crippen MR) is 78.2 cm³/mol. The van der Waals surface area contributed by atoms with Crippen LogP contribution < -0.4 is 5.73 Å². The van der Waals surface area contributed by atoms with Gasteiger partial charge in [-0.2, -0.15) is 0 Å². The minimum absolute atomic E-state index is 0.103. The van der Waals surface area contributed by atoms with Crippen LogP contribution in [0.5, 0.6) is 0 Å². The summed E-state index contributed by atoms with van der Waals surface area (Å²) in [6.07, 6.45) is 1.17. The number of carbonyl (C=O) groups excluding carboxylic acids is 1. The van der Waals surface area contributed by atoms with E-state index in [1.807, 2.05) is 24.0 Å². The van der Waals surface area contributed by atoms with Gasteiger partial charge in [-0.25, -0.2) is 0 Å². The molecule has 2 rings (SSSR count). The van der Waals surface area contributed by atoms with Gasteiger partial charge in [-0.05, 0) is 43.7 Å². The molecule has 19 heavy (non-hydrogen) atoms. The highest BCUT2D eigenvalue weighted by Gasteiger charge is 2.21. The standard InChI is InChI=1S/C15H23N3O/c1-3-4-17-5-7-18(8-6-17)15(19)13-9-12(2)10-14(16)11-13/h9-11H,3-8,16H2,1-2H3. The SMILES string of the molecule is CCCN1CCN(C(=O)c2cc(C)cc(N)c2)CC1. The van der Waals surface area contributed by atoms with E-state index in [9.17, 15) is 4.79 Å². The number of hydrogen-bond donors (Lipinski definition) is 1. The number of nitrogen functional groups attached to an aromatic ring is 1. The van der Waals surface area contributed by atoms with E-state index >= 15 is 0 Å². The van der Waals surface area contributed by atoms with Gasteiger partial charge in [0.25, 0.3) is 5.91 Å². The maximum absolute atomic E-state index is 12.4. The number of amides is 1. The maximum Gasteiger partial charge on any atom is 0.254 e. The van der Waals surface area contributed by atoms with Crippen molar-refractivity contribution >= 4 is 11.6 Å². The molecule has 0 radical (unpaired) electrons. The van der Waals surface area contributed by atoms with E-state index in [1.165, 1.54) is 6.42 Å². The van der Waals surface area contributed by atoms with E-state index in [1.54, 1.807) is 6.07 Å². The molecule has 1 saturated heterocycles. The van der Waals surface area contributed by atoms with Gasteiger partial charge < -0.3 is 10.6 Å². The minimum Gasteiger partial charge on any atom is -0.399 e. The first-order valence-corrected chi connectivity index (χ1v) is 6.99. The highest BCUT2D eigenvalue weighted by molar-refractivity contribution is 5.95. The normalized spacial score (nSPS) is 16.6. The molecule has 1 heterocycles. The maximum atomic E-state index is 12.4. The van der Waals surface area contributed by atoms with Gasteiger partial charge in [0.2, 0.25) is 0 Å². The monoisotopic (exact) mass is 261 g/mol. The molecule has 0 saturated carbocycles. The van der Waals surface area contributed by atoms with Crippen LogP contribution in [0.4, 0.5) is 5.69 Å². The number of aryl methyl sites for hydroxylation is 1. The van der Waals surface area contributed by atoms with Crippen molar-refractivity contribution in [3.05, 3.63) is 29.3 Å². The molecule has 1 aliphatic heterocycles. The molecule has 1 amide bonds. The zero-order valence-electron chi connectivity index (χ0n) is 11.9. The van der Waals surface area contributed by atoms with E-state index in [0.29, 0.717) is 11.3 Å². The molecule has 0 atom stereocenters. The van der Waals surface area contributed by atoms with Crippen molar-refractivity contribution in [1.82, 2.24) is 9.80 Å². The molecule has 0 bridgehead atoms. The molecule has 1 fully saturated rings. The lowest BCUT2D eigenvalue weighted by molar-refractivity contribution is 0.0637. The summed E-state index contributed by atoms with van der Waals surface area (Å²) in [5.74, 6) is 0.103. The second-order valence-corrected chi connectivity index (χ2v) is 5.27. The van der Waals surface area contributed by atoms with Crippen molar-refractivity contribution in [3.63, 3.8) is 0 Å². The molecule has 4 nitrogen and oxygen atoms in total. The Balaban J connectivity index is 2.01. The largest absolute Gasteiger partial charge is 0.399 e. The summed E-state index contributed by atoms with van der Waals surface area (Å²) in [7, 11) is 0. The fourth-order valence-corrected chi connectivity index (χ4v) is 2.61. The zero-order valence-corrected chi connectivity index (χ0v) is 11.9. The number of carbonyl (C=O) groups is 1. The van der Waals surface area contributed by atoms with Gasteiger partial charge in [0, 0.05) is 37.4 Å². The number of hydrogen-bond acceptors (Lipinski definition) is 3. The fourth-order valence-electron chi connectivity index (χ4n) is 2.61. The number of piperazine rings is 1. The quantitative estimate of drug-likeness (QED) is 0.843. The van der Waals surface area contributed by atoms with Crippen molar-refractivity contribution in [3.8, 4) is 0 Å². The van der Waals surface area contributed by atoms with Crippen LogP contribution in [-0.2, 0) is 0 Å². The summed E-state index contributed by atoms with van der Waals surface area (Å²) in [5, 5.41) is 0. The number of nitrogens with two attached hydrogens (primary N) is 1. The smallest absolute Gasteiger partial charge is 0.254 e. The highest BCUT2D eigenvalue weighted by Crippen LogP contribution is 2.14. The van der Waals surface area contributed by atoms with Gasteiger partial charge in [0.1, 0.15) is 0 Å². The van der Waals surface area contributed by atoms with Crippen molar-refractivity contribution < 1.29 is 4.79 Å². The van der Waals surface area contributed by atoms with Crippen LogP contribution in [0.2, 0.25) is 0 Å². The van der Waals surface area contributed by atoms with Crippen molar-refractivity contribution in [2.75, 3.05) is 38.5 Å². The third-order valence-corrected chi connectivity index (χ3v) is 3.55. The molecule has 1 aromatic rings. The van der Waals surface area contributed by atoms with Gasteiger partial charge in [-0.1, -0.05) is 6.92 Å². The lowest BCUT2D eigenvalue weighted by Gasteiger charge is -2.34. The summed E-state index contributed by atoms with van der Waals surface area (Å²) >= 11 is 0. The zero-order chi connectivity index (χ0) is 13.8. The molecular formula is C15H23N3O. The Morgan fingerprint density at radius 1 is 1.21 bits per heavy atom. The average molecular weight is 261 g/mol. The predicted octanol–water partition coefficient (Wildman–Crippen LogP) is 1.75. The molecule has 0 aromatic heterocycles. The summed E-state index contributed by atoms with van der Waals surface area (Å²) in [6, 6.07) is 5.57. The Bertz CT molecular complexity index is 430. The first-order valence-electron chi connectivity index (χ1n) is 6.99. The molecule has 0 aliphatic carbocycles. The number of benzene rings is 1. The van der Waals surface area contributed by atoms with Crippen LogP contribution in [-0.4, -0.2) is 48.4 Å². The lowest BCUT2D eigenvalue weighted by Crippen LogP contribution is -2.48. The summed E-state index contributed by atoms with van der Waals surface area (Å²) in [5.41, 5.74) is 8.21. The number of nitrogens with zero attached hydrogens (tertiary/aromatic N) is 2. The molecule has 0 unspecified atom stereocenters. The van der Waals surface area contributed by atoms with Crippen LogP contribution >= 0.6 is 0 Å². The average Bonchev–Trinajstić information content (AvgIpc) is 2.38. The van der Waals surface area contributed by atoms with Crippen LogP contribution in [0.15, 0.2) is 18.2 Å². The van der Waals surface area contributed by atoms with E-state index < -0.39 is 0 Å². The van der Waals surface area contributed by atoms with Crippen LogP contribution in [0.25, 0.3) is 0 Å². The topological polar surface area (TPSA) is 49.6 Å². The molecule has 0 spiro atoms. The number of anilines is 1. The summed E-state index contributed by atoms with van der Waals surface area (Å²) < 4.78 is 0. The van der Waals surface area contributed by atoms with E-state index in [0.717, 1.165) is 38.3 Å². The van der Waals surface area contributed by atoms with E-state index in [2.05, 4.69) is 11.8 Å². The Morgan fingerprint density at radius 3 is 2.47 bits per heavy atom. The van der Waals surface area contributed by atoms with E-state index in [4.69, 9.17) is 5.73 Å². The first kappa shape index (κ1) is 13.9. The van der Waals surface area contributed by atoms with Crippen molar-refractivity contribution in [1.29, 1.82) is 0 Å².